The number of aryl methyl sites for hydroxylation is 2. The van der Waals surface area contributed by atoms with E-state index in [0.29, 0.717) is 11.3 Å². The van der Waals surface area contributed by atoms with E-state index >= 15 is 0 Å². The van der Waals surface area contributed by atoms with Gasteiger partial charge in [0.2, 0.25) is 0 Å². The van der Waals surface area contributed by atoms with Gasteiger partial charge in [-0.25, -0.2) is 0 Å². The average molecular weight is 139 g/mol. The van der Waals surface area contributed by atoms with Crippen molar-refractivity contribution >= 4 is 0 Å². The van der Waals surface area contributed by atoms with Gasteiger partial charge in [0, 0.05) is 11.6 Å². The normalized spacial score (nSPS) is 9.80. The topological polar surface area (TPSA) is 42.2 Å². The van der Waals surface area contributed by atoms with E-state index in [-0.39, 0.29) is 5.43 Å². The van der Waals surface area contributed by atoms with E-state index in [2.05, 4.69) is 0 Å². The third-order valence-corrected chi connectivity index (χ3v) is 1.41. The Kier molecular flexibility index (Phi) is 1.49. The van der Waals surface area contributed by atoms with Crippen LogP contribution in [0.15, 0.2) is 17.1 Å². The van der Waals surface area contributed by atoms with Gasteiger partial charge in [0.05, 0.1) is 11.9 Å². The Bertz CT molecular complexity index is 301. The monoisotopic (exact) mass is 139 g/mol. The van der Waals surface area contributed by atoms with Gasteiger partial charge in [-0.05, 0) is 13.8 Å². The first-order valence-corrected chi connectivity index (χ1v) is 3.00. The zero-order chi connectivity index (χ0) is 7.72. The first kappa shape index (κ1) is 6.86. The highest BCUT2D eigenvalue weighted by atomic mass is 16.5. The first-order valence-electron chi connectivity index (χ1n) is 3.00. The highest BCUT2D eigenvalue weighted by Crippen LogP contribution is 1.92. The van der Waals surface area contributed by atoms with E-state index < -0.39 is 0 Å². The van der Waals surface area contributed by atoms with Gasteiger partial charge in [0.25, 0.3) is 0 Å². The van der Waals surface area contributed by atoms with Gasteiger partial charge < -0.3 is 5.21 Å². The fraction of sp³-hybridized carbons (Fsp3) is 0.286. The zero-order valence-electron chi connectivity index (χ0n) is 5.96. The van der Waals surface area contributed by atoms with E-state index in [4.69, 9.17) is 5.21 Å². The fourth-order valence-electron chi connectivity index (χ4n) is 0.719. The summed E-state index contributed by atoms with van der Waals surface area (Å²) < 4.78 is 0.941. The van der Waals surface area contributed by atoms with Crippen molar-refractivity contribution in [3.63, 3.8) is 0 Å². The summed E-state index contributed by atoms with van der Waals surface area (Å²) in [6.45, 7) is 3.33. The van der Waals surface area contributed by atoms with Crippen LogP contribution in [0, 0.1) is 13.8 Å². The van der Waals surface area contributed by atoms with E-state index in [1.165, 1.54) is 12.3 Å². The van der Waals surface area contributed by atoms with Crippen molar-refractivity contribution in [1.82, 2.24) is 4.73 Å². The summed E-state index contributed by atoms with van der Waals surface area (Å²) in [7, 11) is 0. The third-order valence-electron chi connectivity index (χ3n) is 1.41. The molecule has 54 valence electrons. The molecule has 0 fully saturated rings. The standard InChI is InChI=1S/C7H9NO2/c1-5-4-8(10)6(2)3-7(5)9/h3-4,10H,1-2H3. The van der Waals surface area contributed by atoms with Crippen LogP contribution in [-0.2, 0) is 0 Å². The number of pyridine rings is 1. The molecule has 0 aliphatic rings. The number of aromatic nitrogens is 1. The highest BCUT2D eigenvalue weighted by molar-refractivity contribution is 5.12. The molecule has 0 atom stereocenters. The predicted octanol–water partition coefficient (Wildman–Crippen LogP) is 0.702. The fourth-order valence-corrected chi connectivity index (χ4v) is 0.719. The number of rotatable bonds is 0. The molecular formula is C7H9NO2. The Morgan fingerprint density at radius 3 is 2.60 bits per heavy atom. The summed E-state index contributed by atoms with van der Waals surface area (Å²) in [6.07, 6.45) is 1.40. The molecule has 0 aromatic carbocycles. The van der Waals surface area contributed by atoms with Crippen LogP contribution in [0.3, 0.4) is 0 Å². The highest BCUT2D eigenvalue weighted by Gasteiger charge is 1.95. The molecule has 10 heavy (non-hydrogen) atoms. The molecule has 0 saturated heterocycles. The van der Waals surface area contributed by atoms with Crippen molar-refractivity contribution in [3.05, 3.63) is 33.7 Å². The van der Waals surface area contributed by atoms with Crippen LogP contribution in [0.4, 0.5) is 0 Å². The van der Waals surface area contributed by atoms with E-state index in [1.807, 2.05) is 0 Å². The predicted molar refractivity (Wildman–Crippen MR) is 37.4 cm³/mol. The maximum absolute atomic E-state index is 10.9. The quantitative estimate of drug-likeness (QED) is 0.537. The zero-order valence-corrected chi connectivity index (χ0v) is 5.96. The maximum Gasteiger partial charge on any atom is 0.184 e. The van der Waals surface area contributed by atoms with Gasteiger partial charge in [0.1, 0.15) is 0 Å². The molecule has 0 aliphatic heterocycles. The number of hydrogen-bond donors (Lipinski definition) is 1. The molecule has 1 aromatic heterocycles. The molecule has 1 N–H and O–H groups in total. The second-order valence-corrected chi connectivity index (χ2v) is 2.31. The van der Waals surface area contributed by atoms with Crippen LogP contribution in [-0.4, -0.2) is 9.94 Å². The Morgan fingerprint density at radius 2 is 2.10 bits per heavy atom. The largest absolute Gasteiger partial charge is 0.429 e. The molecule has 1 rings (SSSR count). The van der Waals surface area contributed by atoms with Gasteiger partial charge in [-0.1, -0.05) is 0 Å². The molecule has 3 heteroatoms. The van der Waals surface area contributed by atoms with Gasteiger partial charge in [-0.3, -0.25) is 4.79 Å². The van der Waals surface area contributed by atoms with E-state index in [9.17, 15) is 4.79 Å². The van der Waals surface area contributed by atoms with Crippen LogP contribution >= 0.6 is 0 Å². The van der Waals surface area contributed by atoms with E-state index in [1.54, 1.807) is 13.8 Å². The molecule has 3 nitrogen and oxygen atoms in total. The minimum absolute atomic E-state index is 0.0391. The summed E-state index contributed by atoms with van der Waals surface area (Å²) in [5.41, 5.74) is 1.06. The smallest absolute Gasteiger partial charge is 0.184 e. The van der Waals surface area contributed by atoms with Crippen LogP contribution < -0.4 is 5.43 Å². The number of hydrogen-bond acceptors (Lipinski definition) is 2. The van der Waals surface area contributed by atoms with Gasteiger partial charge in [-0.15, -0.1) is 0 Å². The van der Waals surface area contributed by atoms with Crippen LogP contribution in [0.5, 0.6) is 0 Å². The van der Waals surface area contributed by atoms with Crippen LogP contribution in [0.1, 0.15) is 11.3 Å². The Morgan fingerprint density at radius 1 is 1.50 bits per heavy atom. The summed E-state index contributed by atoms with van der Waals surface area (Å²) in [4.78, 5) is 10.9. The molecule has 0 bridgehead atoms. The van der Waals surface area contributed by atoms with Crippen molar-refractivity contribution in [2.75, 3.05) is 0 Å². The van der Waals surface area contributed by atoms with Gasteiger partial charge in [-0.2, -0.15) is 4.73 Å². The molecular weight excluding hydrogens is 130 g/mol. The van der Waals surface area contributed by atoms with Crippen molar-refractivity contribution in [2.45, 2.75) is 13.8 Å². The van der Waals surface area contributed by atoms with Crippen LogP contribution in [0.25, 0.3) is 0 Å². The number of nitrogens with zero attached hydrogens (tertiary/aromatic N) is 1. The molecule has 0 unspecified atom stereocenters. The SMILES string of the molecule is Cc1cn(O)c(C)cc1=O. The molecule has 1 heterocycles. The Labute approximate surface area is 58.5 Å². The summed E-state index contributed by atoms with van der Waals surface area (Å²) in [5.74, 6) is 0. The Hall–Kier alpha value is -1.25. The second kappa shape index (κ2) is 2.17. The van der Waals surface area contributed by atoms with Crippen molar-refractivity contribution in [1.29, 1.82) is 0 Å². The van der Waals surface area contributed by atoms with Gasteiger partial charge >= 0.3 is 0 Å². The molecule has 0 amide bonds. The third kappa shape index (κ3) is 1.03. The summed E-state index contributed by atoms with van der Waals surface area (Å²) in [5, 5.41) is 9.00. The second-order valence-electron chi connectivity index (χ2n) is 2.31. The Balaban J connectivity index is 3.43. The summed E-state index contributed by atoms with van der Waals surface area (Å²) >= 11 is 0. The van der Waals surface area contributed by atoms with Crippen LogP contribution in [0.2, 0.25) is 0 Å². The maximum atomic E-state index is 10.9. The average Bonchev–Trinajstić information content (AvgIpc) is 1.84. The lowest BCUT2D eigenvalue weighted by Gasteiger charge is -2.00. The first-order chi connectivity index (χ1) is 4.61. The molecule has 1 aromatic rings. The van der Waals surface area contributed by atoms with Gasteiger partial charge in [0.15, 0.2) is 5.43 Å². The minimum atomic E-state index is -0.0391. The molecule has 0 aliphatic carbocycles. The van der Waals surface area contributed by atoms with Crippen molar-refractivity contribution in [2.24, 2.45) is 0 Å². The lowest BCUT2D eigenvalue weighted by atomic mass is 10.3. The minimum Gasteiger partial charge on any atom is -0.429 e. The van der Waals surface area contributed by atoms with Crippen molar-refractivity contribution in [3.8, 4) is 0 Å². The van der Waals surface area contributed by atoms with E-state index in [0.717, 1.165) is 4.73 Å². The molecule has 0 saturated carbocycles. The lowest BCUT2D eigenvalue weighted by Crippen LogP contribution is -2.10. The molecule has 0 radical (unpaired) electrons. The van der Waals surface area contributed by atoms with Crippen molar-refractivity contribution < 1.29 is 5.21 Å². The molecule has 0 spiro atoms. The lowest BCUT2D eigenvalue weighted by molar-refractivity contribution is 0.177. The summed E-state index contributed by atoms with van der Waals surface area (Å²) in [6, 6.07) is 1.40.